The summed E-state index contributed by atoms with van der Waals surface area (Å²) in [5.74, 6) is 2.23. The zero-order valence-electron chi connectivity index (χ0n) is 18.3. The van der Waals surface area contributed by atoms with Gasteiger partial charge >= 0.3 is 0 Å². The van der Waals surface area contributed by atoms with Crippen molar-refractivity contribution in [1.82, 2.24) is 10.6 Å². The predicted molar refractivity (Wildman–Crippen MR) is 116 cm³/mol. The molecule has 2 rings (SSSR count). The molecule has 0 radical (unpaired) electrons. The second kappa shape index (κ2) is 12.3. The van der Waals surface area contributed by atoms with Gasteiger partial charge in [-0.2, -0.15) is 10.5 Å². The van der Waals surface area contributed by atoms with Crippen molar-refractivity contribution in [2.24, 2.45) is 0 Å². The minimum Gasteiger partial charge on any atom is -0.493 e. The fourth-order valence-electron chi connectivity index (χ4n) is 3.31. The smallest absolute Gasteiger partial charge is 0.166 e. The lowest BCUT2D eigenvalue weighted by Crippen LogP contribution is -2.27. The van der Waals surface area contributed by atoms with E-state index in [2.05, 4.69) is 22.8 Å². The van der Waals surface area contributed by atoms with Crippen molar-refractivity contribution in [1.29, 1.82) is 10.5 Å². The Labute approximate surface area is 183 Å². The Kier molecular flexibility index (Phi) is 9.44. The maximum absolute atomic E-state index is 9.61. The highest BCUT2D eigenvalue weighted by atomic mass is 16.5. The molecule has 31 heavy (non-hydrogen) atoms. The van der Waals surface area contributed by atoms with Gasteiger partial charge in [0.1, 0.15) is 12.1 Å². The number of hydrogen-bond acceptors (Lipinski definition) is 8. The third-order valence-corrected chi connectivity index (χ3v) is 4.80. The molecule has 0 aliphatic heterocycles. The predicted octanol–water partition coefficient (Wildman–Crippen LogP) is 3.12. The molecule has 0 heterocycles. The summed E-state index contributed by atoms with van der Waals surface area (Å²) in [7, 11) is 6.22. The minimum atomic E-state index is -0.546. The van der Waals surface area contributed by atoms with Crippen LogP contribution < -0.4 is 29.6 Å². The molecular weight excluding hydrogens is 396 g/mol. The fraction of sp³-hybridized carbons (Fsp3) is 0.391. The highest BCUT2D eigenvalue weighted by molar-refractivity contribution is 5.50. The van der Waals surface area contributed by atoms with Crippen LogP contribution in [0.15, 0.2) is 36.4 Å². The van der Waals surface area contributed by atoms with Crippen LogP contribution in [0, 0.1) is 22.7 Å². The highest BCUT2D eigenvalue weighted by Crippen LogP contribution is 2.35. The average molecular weight is 425 g/mol. The molecule has 0 spiro atoms. The lowest BCUT2D eigenvalue weighted by molar-refractivity contribution is 0.348. The minimum absolute atomic E-state index is 0.539. The van der Waals surface area contributed by atoms with Gasteiger partial charge in [0.2, 0.25) is 0 Å². The Morgan fingerprint density at radius 2 is 1.13 bits per heavy atom. The average Bonchev–Trinajstić information content (AvgIpc) is 2.82. The van der Waals surface area contributed by atoms with E-state index in [-0.39, 0.29) is 0 Å². The first-order valence-corrected chi connectivity index (χ1v) is 9.82. The summed E-state index contributed by atoms with van der Waals surface area (Å²) in [5.41, 5.74) is 1.43. The number of nitrogens with one attached hydrogen (secondary N) is 2. The summed E-state index contributed by atoms with van der Waals surface area (Å²) in [4.78, 5) is 0. The van der Waals surface area contributed by atoms with Crippen molar-refractivity contribution in [2.75, 3.05) is 41.5 Å². The standard InChI is InChI=1S/C23H28N4O4/c1-28-20-10-5-8-16(22(20)30-3)18(14-24)26-12-7-13-27-19(15-25)17-9-6-11-21(29-2)23(17)31-4/h5-6,8-11,18-19,26-27H,7,12-13H2,1-4H3/t18-,19+. The Bertz CT molecular complexity index is 861. The Balaban J connectivity index is 1.96. The van der Waals surface area contributed by atoms with Gasteiger partial charge in [-0.25, -0.2) is 0 Å². The molecule has 2 N–H and O–H groups in total. The highest BCUT2D eigenvalue weighted by Gasteiger charge is 2.20. The Morgan fingerprint density at radius 1 is 0.710 bits per heavy atom. The quantitative estimate of drug-likeness (QED) is 0.500. The van der Waals surface area contributed by atoms with Crippen LogP contribution in [0.3, 0.4) is 0 Å². The lowest BCUT2D eigenvalue weighted by atomic mass is 10.1. The van der Waals surface area contributed by atoms with Crippen LogP contribution in [-0.2, 0) is 0 Å². The van der Waals surface area contributed by atoms with Crippen LogP contribution in [0.2, 0.25) is 0 Å². The SMILES string of the molecule is COc1cccc([C@H](C#N)NCCCN[C@H](C#N)c2cccc(OC)c2OC)c1OC. The van der Waals surface area contributed by atoms with E-state index in [1.807, 2.05) is 24.3 Å². The number of nitrogens with zero attached hydrogens (tertiary/aromatic N) is 2. The topological polar surface area (TPSA) is 109 Å². The van der Waals surface area contributed by atoms with Crippen LogP contribution in [0.1, 0.15) is 29.6 Å². The molecule has 0 amide bonds. The molecule has 8 heteroatoms. The van der Waals surface area contributed by atoms with E-state index < -0.39 is 12.1 Å². The van der Waals surface area contributed by atoms with Gasteiger partial charge in [-0.1, -0.05) is 24.3 Å². The third kappa shape index (κ3) is 5.79. The van der Waals surface area contributed by atoms with E-state index in [9.17, 15) is 10.5 Å². The van der Waals surface area contributed by atoms with Crippen molar-refractivity contribution in [3.63, 3.8) is 0 Å². The molecule has 164 valence electrons. The molecule has 0 saturated heterocycles. The molecule has 8 nitrogen and oxygen atoms in total. The fourth-order valence-corrected chi connectivity index (χ4v) is 3.31. The Hall–Kier alpha value is -3.46. The normalized spacial score (nSPS) is 12.2. The molecule has 2 atom stereocenters. The van der Waals surface area contributed by atoms with Crippen molar-refractivity contribution in [3.05, 3.63) is 47.5 Å². The van der Waals surface area contributed by atoms with Crippen molar-refractivity contribution in [2.45, 2.75) is 18.5 Å². The first-order chi connectivity index (χ1) is 15.1. The first-order valence-electron chi connectivity index (χ1n) is 9.82. The molecule has 0 unspecified atom stereocenters. The molecule has 0 saturated carbocycles. The molecule has 0 aliphatic rings. The van der Waals surface area contributed by atoms with Gasteiger partial charge < -0.3 is 18.9 Å². The zero-order chi connectivity index (χ0) is 22.6. The monoisotopic (exact) mass is 424 g/mol. The number of rotatable bonds is 12. The van der Waals surface area contributed by atoms with Gasteiger partial charge in [-0.15, -0.1) is 0 Å². The third-order valence-electron chi connectivity index (χ3n) is 4.80. The summed E-state index contributed by atoms with van der Waals surface area (Å²) < 4.78 is 21.5. The number of para-hydroxylation sites is 2. The summed E-state index contributed by atoms with van der Waals surface area (Å²) in [6.07, 6.45) is 0.703. The number of benzene rings is 2. The zero-order valence-corrected chi connectivity index (χ0v) is 18.3. The van der Waals surface area contributed by atoms with E-state index in [0.29, 0.717) is 53.6 Å². The van der Waals surface area contributed by atoms with Crippen molar-refractivity contribution in [3.8, 4) is 35.1 Å². The molecule has 0 aliphatic carbocycles. The maximum Gasteiger partial charge on any atom is 0.166 e. The van der Waals surface area contributed by atoms with Gasteiger partial charge in [0.05, 0.1) is 40.6 Å². The maximum atomic E-state index is 9.61. The second-order valence-electron chi connectivity index (χ2n) is 6.55. The van der Waals surface area contributed by atoms with Gasteiger partial charge in [0, 0.05) is 11.1 Å². The summed E-state index contributed by atoms with van der Waals surface area (Å²) in [6.45, 7) is 1.14. The largest absolute Gasteiger partial charge is 0.493 e. The van der Waals surface area contributed by atoms with E-state index in [1.165, 1.54) is 0 Å². The summed E-state index contributed by atoms with van der Waals surface area (Å²) in [6, 6.07) is 14.3. The number of nitriles is 2. The molecule has 2 aromatic carbocycles. The van der Waals surface area contributed by atoms with Crippen molar-refractivity contribution >= 4 is 0 Å². The van der Waals surface area contributed by atoms with Crippen LogP contribution in [0.4, 0.5) is 0 Å². The van der Waals surface area contributed by atoms with Crippen LogP contribution in [-0.4, -0.2) is 41.5 Å². The number of hydrogen-bond donors (Lipinski definition) is 2. The number of ether oxygens (including phenoxy) is 4. The van der Waals surface area contributed by atoms with Crippen LogP contribution in [0.5, 0.6) is 23.0 Å². The molecule has 0 aromatic heterocycles. The van der Waals surface area contributed by atoms with Gasteiger partial charge in [-0.3, -0.25) is 10.6 Å². The van der Waals surface area contributed by atoms with Crippen LogP contribution >= 0.6 is 0 Å². The summed E-state index contributed by atoms with van der Waals surface area (Å²) >= 11 is 0. The number of methoxy groups -OCH3 is 4. The first kappa shape index (κ1) is 23.8. The Morgan fingerprint density at radius 3 is 1.45 bits per heavy atom. The van der Waals surface area contributed by atoms with E-state index in [4.69, 9.17) is 18.9 Å². The molecule has 0 bridgehead atoms. The molecule has 0 fully saturated rings. The van der Waals surface area contributed by atoms with Crippen molar-refractivity contribution < 1.29 is 18.9 Å². The second-order valence-corrected chi connectivity index (χ2v) is 6.55. The van der Waals surface area contributed by atoms with Crippen LogP contribution in [0.25, 0.3) is 0 Å². The lowest BCUT2D eigenvalue weighted by Gasteiger charge is -2.19. The van der Waals surface area contributed by atoms with Gasteiger partial charge in [0.15, 0.2) is 23.0 Å². The van der Waals surface area contributed by atoms with E-state index in [0.717, 1.165) is 0 Å². The molecular formula is C23H28N4O4. The van der Waals surface area contributed by atoms with E-state index >= 15 is 0 Å². The summed E-state index contributed by atoms with van der Waals surface area (Å²) in [5, 5.41) is 25.7. The van der Waals surface area contributed by atoms with Gasteiger partial charge in [-0.05, 0) is 31.6 Å². The van der Waals surface area contributed by atoms with E-state index in [1.54, 1.807) is 40.6 Å². The molecule has 2 aromatic rings. The van der Waals surface area contributed by atoms with Gasteiger partial charge in [0.25, 0.3) is 0 Å².